The third-order valence-corrected chi connectivity index (χ3v) is 3.87. The van der Waals surface area contributed by atoms with Crippen molar-refractivity contribution in [1.82, 2.24) is 0 Å². The van der Waals surface area contributed by atoms with E-state index in [0.717, 1.165) is 30.2 Å². The van der Waals surface area contributed by atoms with E-state index in [9.17, 15) is 9.90 Å². The summed E-state index contributed by atoms with van der Waals surface area (Å²) < 4.78 is 0. The number of carbonyl (C=O) groups excluding carboxylic acids is 1. The van der Waals surface area contributed by atoms with Crippen LogP contribution in [0, 0.1) is 0 Å². The topological polar surface area (TPSA) is 37.3 Å². The Labute approximate surface area is 93.7 Å². The second-order valence-electron chi connectivity index (χ2n) is 3.82. The lowest BCUT2D eigenvalue weighted by Crippen LogP contribution is -2.17. The van der Waals surface area contributed by atoms with Gasteiger partial charge >= 0.3 is 0 Å². The van der Waals surface area contributed by atoms with E-state index < -0.39 is 4.93 Å². The lowest BCUT2D eigenvalue weighted by atomic mass is 9.99. The zero-order chi connectivity index (χ0) is 10.9. The van der Waals surface area contributed by atoms with Crippen molar-refractivity contribution in [2.45, 2.75) is 31.1 Å². The SMILES string of the molecule is CCCCC1(O)SC(=O)c2ccccc21. The number of benzene rings is 1. The predicted molar refractivity (Wildman–Crippen MR) is 61.8 cm³/mol. The summed E-state index contributed by atoms with van der Waals surface area (Å²) in [4.78, 5) is 10.7. The molecule has 1 atom stereocenters. The Bertz CT molecular complexity index is 389. The van der Waals surface area contributed by atoms with Crippen LogP contribution in [0.5, 0.6) is 0 Å². The summed E-state index contributed by atoms with van der Waals surface area (Å²) in [5.74, 6) is 0. The standard InChI is InChI=1S/C12H14O2S/c1-2-3-8-12(14)10-7-5-4-6-9(10)11(13)15-12/h4-7,14H,2-3,8H2,1H3. The van der Waals surface area contributed by atoms with Gasteiger partial charge in [-0.1, -0.05) is 37.6 Å². The Morgan fingerprint density at radius 1 is 1.40 bits per heavy atom. The van der Waals surface area contributed by atoms with Crippen LogP contribution in [0.3, 0.4) is 0 Å². The molecule has 2 nitrogen and oxygen atoms in total. The van der Waals surface area contributed by atoms with Gasteiger partial charge in [-0.05, 0) is 24.6 Å². The summed E-state index contributed by atoms with van der Waals surface area (Å²) in [5, 5.41) is 10.4. The third kappa shape index (κ3) is 1.82. The van der Waals surface area contributed by atoms with E-state index in [1.807, 2.05) is 18.2 Å². The van der Waals surface area contributed by atoms with Crippen LogP contribution in [0.1, 0.15) is 42.1 Å². The van der Waals surface area contributed by atoms with Crippen LogP contribution in [-0.2, 0) is 4.93 Å². The van der Waals surface area contributed by atoms with E-state index in [0.29, 0.717) is 12.0 Å². The van der Waals surface area contributed by atoms with Crippen molar-refractivity contribution < 1.29 is 9.90 Å². The second-order valence-corrected chi connectivity index (χ2v) is 5.07. The van der Waals surface area contributed by atoms with Crippen molar-refractivity contribution in [3.8, 4) is 0 Å². The minimum Gasteiger partial charge on any atom is -0.375 e. The number of carbonyl (C=O) groups is 1. The van der Waals surface area contributed by atoms with Gasteiger partial charge in [0, 0.05) is 11.1 Å². The van der Waals surface area contributed by atoms with Crippen LogP contribution in [0.2, 0.25) is 0 Å². The van der Waals surface area contributed by atoms with E-state index in [2.05, 4.69) is 6.92 Å². The van der Waals surface area contributed by atoms with Crippen LogP contribution in [0.4, 0.5) is 0 Å². The van der Waals surface area contributed by atoms with Crippen LogP contribution in [0.15, 0.2) is 24.3 Å². The van der Waals surface area contributed by atoms with Crippen LogP contribution < -0.4 is 0 Å². The van der Waals surface area contributed by atoms with Gasteiger partial charge in [-0.2, -0.15) is 0 Å². The predicted octanol–water partition coefficient (Wildman–Crippen LogP) is 2.91. The van der Waals surface area contributed by atoms with Crippen molar-refractivity contribution in [1.29, 1.82) is 0 Å². The van der Waals surface area contributed by atoms with Gasteiger partial charge in [-0.15, -0.1) is 0 Å². The lowest BCUT2D eigenvalue weighted by Gasteiger charge is -2.21. The average Bonchev–Trinajstić information content (AvgIpc) is 2.50. The molecule has 1 N–H and O–H groups in total. The average molecular weight is 222 g/mol. The molecule has 80 valence electrons. The fourth-order valence-corrected chi connectivity index (χ4v) is 3.00. The zero-order valence-electron chi connectivity index (χ0n) is 8.69. The van der Waals surface area contributed by atoms with E-state index in [1.54, 1.807) is 6.07 Å². The molecule has 1 aliphatic rings. The molecule has 1 aromatic rings. The van der Waals surface area contributed by atoms with E-state index in [-0.39, 0.29) is 5.12 Å². The molecule has 15 heavy (non-hydrogen) atoms. The minimum absolute atomic E-state index is 0.01000. The Hall–Kier alpha value is -0.800. The summed E-state index contributed by atoms with van der Waals surface area (Å²) in [6, 6.07) is 7.34. The monoisotopic (exact) mass is 222 g/mol. The van der Waals surface area contributed by atoms with Gasteiger partial charge < -0.3 is 5.11 Å². The first-order valence-corrected chi connectivity index (χ1v) is 6.04. The molecule has 2 rings (SSSR count). The Balaban J connectivity index is 2.34. The first-order chi connectivity index (χ1) is 7.17. The largest absolute Gasteiger partial charge is 0.375 e. The molecule has 0 saturated heterocycles. The molecule has 0 bridgehead atoms. The molecule has 1 unspecified atom stereocenters. The Morgan fingerprint density at radius 2 is 2.13 bits per heavy atom. The maximum atomic E-state index is 11.6. The minimum atomic E-state index is -0.982. The molecule has 3 heteroatoms. The highest BCUT2D eigenvalue weighted by molar-refractivity contribution is 8.15. The van der Waals surface area contributed by atoms with Gasteiger partial charge in [0.05, 0.1) is 0 Å². The summed E-state index contributed by atoms with van der Waals surface area (Å²) >= 11 is 1.05. The molecule has 1 aliphatic heterocycles. The van der Waals surface area contributed by atoms with Crippen molar-refractivity contribution in [2.24, 2.45) is 0 Å². The normalized spacial score (nSPS) is 24.3. The van der Waals surface area contributed by atoms with Gasteiger partial charge in [0.25, 0.3) is 0 Å². The van der Waals surface area contributed by atoms with E-state index in [1.165, 1.54) is 0 Å². The van der Waals surface area contributed by atoms with Crippen LogP contribution in [-0.4, -0.2) is 10.2 Å². The quantitative estimate of drug-likeness (QED) is 0.854. The molecule has 0 fully saturated rings. The zero-order valence-corrected chi connectivity index (χ0v) is 9.51. The van der Waals surface area contributed by atoms with Gasteiger partial charge in [0.2, 0.25) is 5.12 Å². The van der Waals surface area contributed by atoms with Gasteiger partial charge in [-0.25, -0.2) is 0 Å². The molecule has 0 amide bonds. The molecular formula is C12H14O2S. The second kappa shape index (κ2) is 3.99. The van der Waals surface area contributed by atoms with E-state index in [4.69, 9.17) is 0 Å². The van der Waals surface area contributed by atoms with Crippen molar-refractivity contribution in [3.63, 3.8) is 0 Å². The number of fused-ring (bicyclic) bond motifs is 1. The van der Waals surface area contributed by atoms with Crippen LogP contribution >= 0.6 is 11.8 Å². The fraction of sp³-hybridized carbons (Fsp3) is 0.417. The number of rotatable bonds is 3. The summed E-state index contributed by atoms with van der Waals surface area (Å²) in [6.07, 6.45) is 2.61. The van der Waals surface area contributed by atoms with Crippen molar-refractivity contribution in [2.75, 3.05) is 0 Å². The number of hydrogen-bond donors (Lipinski definition) is 1. The molecule has 0 spiro atoms. The molecule has 1 heterocycles. The number of thioether (sulfide) groups is 1. The summed E-state index contributed by atoms with van der Waals surface area (Å²) in [5.41, 5.74) is 1.45. The first-order valence-electron chi connectivity index (χ1n) is 5.22. The number of unbranched alkanes of at least 4 members (excludes halogenated alkanes) is 1. The molecule has 0 radical (unpaired) electrons. The molecule has 0 aliphatic carbocycles. The first kappa shape index (κ1) is 10.7. The molecule has 0 aromatic heterocycles. The molecule has 0 saturated carbocycles. The highest BCUT2D eigenvalue weighted by Gasteiger charge is 2.41. The van der Waals surface area contributed by atoms with Crippen molar-refractivity contribution >= 4 is 16.9 Å². The molecule has 1 aromatic carbocycles. The van der Waals surface area contributed by atoms with Gasteiger partial charge in [0.15, 0.2) is 0 Å². The third-order valence-electron chi connectivity index (χ3n) is 2.70. The van der Waals surface area contributed by atoms with E-state index >= 15 is 0 Å². The smallest absolute Gasteiger partial charge is 0.222 e. The van der Waals surface area contributed by atoms with Gasteiger partial charge in [0.1, 0.15) is 4.93 Å². The fourth-order valence-electron chi connectivity index (χ4n) is 1.87. The highest BCUT2D eigenvalue weighted by atomic mass is 32.2. The van der Waals surface area contributed by atoms with Crippen LogP contribution in [0.25, 0.3) is 0 Å². The number of aliphatic hydroxyl groups is 1. The number of hydrogen-bond acceptors (Lipinski definition) is 3. The van der Waals surface area contributed by atoms with Gasteiger partial charge in [-0.3, -0.25) is 4.79 Å². The maximum absolute atomic E-state index is 11.6. The van der Waals surface area contributed by atoms with Crippen molar-refractivity contribution in [3.05, 3.63) is 35.4 Å². The molecular weight excluding hydrogens is 208 g/mol. The summed E-state index contributed by atoms with van der Waals surface area (Å²) in [7, 11) is 0. The Kier molecular flexibility index (Phi) is 2.85. The highest BCUT2D eigenvalue weighted by Crippen LogP contribution is 2.47. The lowest BCUT2D eigenvalue weighted by molar-refractivity contribution is 0.108. The maximum Gasteiger partial charge on any atom is 0.222 e. The Morgan fingerprint density at radius 3 is 2.87 bits per heavy atom. The summed E-state index contributed by atoms with van der Waals surface area (Å²) in [6.45, 7) is 2.08.